The summed E-state index contributed by atoms with van der Waals surface area (Å²) in [4.78, 5) is 13.7. The van der Waals surface area contributed by atoms with E-state index in [9.17, 15) is 4.79 Å². The van der Waals surface area contributed by atoms with E-state index in [1.807, 2.05) is 30.3 Å². The van der Waals surface area contributed by atoms with Gasteiger partial charge in [-0.1, -0.05) is 38.1 Å². The molecule has 2 aromatic rings. The third-order valence-electron chi connectivity index (χ3n) is 3.87. The average molecular weight is 299 g/mol. The number of nitrogens with one attached hydrogen (secondary N) is 2. The number of fused-ring (bicyclic) bond motifs is 1. The van der Waals surface area contributed by atoms with Gasteiger partial charge in [-0.25, -0.2) is 0 Å². The van der Waals surface area contributed by atoms with Crippen molar-refractivity contribution in [3.05, 3.63) is 36.4 Å². The average Bonchev–Trinajstić information content (AvgIpc) is 2.53. The lowest BCUT2D eigenvalue weighted by atomic mass is 10.1. The topological polar surface area (TPSA) is 44.4 Å². The highest BCUT2D eigenvalue weighted by Gasteiger charge is 2.07. The second-order valence-electron chi connectivity index (χ2n) is 5.34. The number of carbonyl (C=O) groups excluding carboxylic acids is 1. The number of anilines is 2. The summed E-state index contributed by atoms with van der Waals surface area (Å²) in [6.07, 6.45) is 0. The van der Waals surface area contributed by atoms with Gasteiger partial charge >= 0.3 is 0 Å². The summed E-state index contributed by atoms with van der Waals surface area (Å²) in [5, 5.41) is 8.60. The monoisotopic (exact) mass is 299 g/mol. The molecule has 118 valence electrons. The van der Waals surface area contributed by atoms with Crippen LogP contribution in [0.5, 0.6) is 0 Å². The molecule has 0 atom stereocenters. The van der Waals surface area contributed by atoms with Crippen LogP contribution in [0.4, 0.5) is 11.4 Å². The van der Waals surface area contributed by atoms with Gasteiger partial charge in [0.2, 0.25) is 5.91 Å². The zero-order valence-electron chi connectivity index (χ0n) is 13.6. The van der Waals surface area contributed by atoms with Crippen molar-refractivity contribution in [1.29, 1.82) is 0 Å². The molecule has 0 heterocycles. The molecule has 2 rings (SSSR count). The first-order valence-corrected chi connectivity index (χ1v) is 7.91. The van der Waals surface area contributed by atoms with Crippen molar-refractivity contribution in [2.75, 3.05) is 36.8 Å². The fourth-order valence-corrected chi connectivity index (χ4v) is 2.64. The highest BCUT2D eigenvalue weighted by atomic mass is 16.1. The Balaban J connectivity index is 2.19. The van der Waals surface area contributed by atoms with Crippen LogP contribution in [0, 0.1) is 0 Å². The van der Waals surface area contributed by atoms with Crippen molar-refractivity contribution in [3.63, 3.8) is 0 Å². The molecule has 0 saturated carbocycles. The second-order valence-corrected chi connectivity index (χ2v) is 5.34. The van der Waals surface area contributed by atoms with E-state index in [-0.39, 0.29) is 5.91 Å². The predicted molar refractivity (Wildman–Crippen MR) is 94.5 cm³/mol. The minimum atomic E-state index is -0.0487. The van der Waals surface area contributed by atoms with Gasteiger partial charge in [0.05, 0.1) is 0 Å². The minimum Gasteiger partial charge on any atom is -0.383 e. The van der Waals surface area contributed by atoms with Crippen LogP contribution in [0.15, 0.2) is 36.4 Å². The number of benzene rings is 2. The Hall–Kier alpha value is -2.07. The minimum absolute atomic E-state index is 0.0487. The van der Waals surface area contributed by atoms with Crippen LogP contribution in [0.1, 0.15) is 20.8 Å². The molecular weight excluding hydrogens is 274 g/mol. The van der Waals surface area contributed by atoms with Crippen LogP contribution in [-0.2, 0) is 4.79 Å². The SMILES string of the molecule is CCN(CC)CCNc1ccc(NC(C)=O)c2ccccc12. The maximum absolute atomic E-state index is 11.3. The van der Waals surface area contributed by atoms with E-state index in [1.165, 1.54) is 6.92 Å². The van der Waals surface area contributed by atoms with Gasteiger partial charge < -0.3 is 15.5 Å². The van der Waals surface area contributed by atoms with Crippen molar-refractivity contribution in [3.8, 4) is 0 Å². The quantitative estimate of drug-likeness (QED) is 0.821. The van der Waals surface area contributed by atoms with E-state index in [0.29, 0.717) is 0 Å². The second kappa shape index (κ2) is 7.80. The number of hydrogen-bond donors (Lipinski definition) is 2. The predicted octanol–water partition coefficient (Wildman–Crippen LogP) is 3.55. The first-order valence-electron chi connectivity index (χ1n) is 7.91. The molecule has 0 fully saturated rings. The summed E-state index contributed by atoms with van der Waals surface area (Å²) in [6, 6.07) is 12.1. The number of nitrogens with zero attached hydrogens (tertiary/aromatic N) is 1. The third kappa shape index (κ3) is 3.98. The Morgan fingerprint density at radius 1 is 1.00 bits per heavy atom. The van der Waals surface area contributed by atoms with Crippen molar-refractivity contribution in [1.82, 2.24) is 4.90 Å². The molecule has 0 aliphatic heterocycles. The van der Waals surface area contributed by atoms with Crippen molar-refractivity contribution >= 4 is 28.1 Å². The van der Waals surface area contributed by atoms with E-state index in [2.05, 4.69) is 35.4 Å². The molecule has 2 aromatic carbocycles. The molecule has 0 radical (unpaired) electrons. The number of hydrogen-bond acceptors (Lipinski definition) is 3. The maximum Gasteiger partial charge on any atom is 0.221 e. The molecule has 4 heteroatoms. The van der Waals surface area contributed by atoms with Crippen LogP contribution in [0.3, 0.4) is 0 Å². The van der Waals surface area contributed by atoms with Crippen molar-refractivity contribution < 1.29 is 4.79 Å². The Morgan fingerprint density at radius 2 is 1.59 bits per heavy atom. The summed E-state index contributed by atoms with van der Waals surface area (Å²) in [7, 11) is 0. The summed E-state index contributed by atoms with van der Waals surface area (Å²) in [6.45, 7) is 9.97. The van der Waals surface area contributed by atoms with Gasteiger partial charge in [0.1, 0.15) is 0 Å². The van der Waals surface area contributed by atoms with Crippen LogP contribution in [-0.4, -0.2) is 37.0 Å². The fourth-order valence-electron chi connectivity index (χ4n) is 2.64. The Kier molecular flexibility index (Phi) is 5.78. The molecule has 22 heavy (non-hydrogen) atoms. The molecule has 0 saturated heterocycles. The first kappa shape index (κ1) is 16.3. The number of carbonyl (C=O) groups is 1. The van der Waals surface area contributed by atoms with Crippen molar-refractivity contribution in [2.45, 2.75) is 20.8 Å². The highest BCUT2D eigenvalue weighted by Crippen LogP contribution is 2.29. The molecule has 0 spiro atoms. The van der Waals surface area contributed by atoms with Gasteiger partial charge in [-0.3, -0.25) is 4.79 Å². The number of rotatable bonds is 7. The van der Waals surface area contributed by atoms with Gasteiger partial charge in [-0.15, -0.1) is 0 Å². The van der Waals surface area contributed by atoms with Gasteiger partial charge in [0.15, 0.2) is 0 Å². The third-order valence-corrected chi connectivity index (χ3v) is 3.87. The normalized spacial score (nSPS) is 10.9. The van der Waals surface area contributed by atoms with E-state index >= 15 is 0 Å². The molecule has 4 nitrogen and oxygen atoms in total. The lowest BCUT2D eigenvalue weighted by Gasteiger charge is -2.19. The van der Waals surface area contributed by atoms with Gasteiger partial charge in [-0.05, 0) is 25.2 Å². The molecule has 0 bridgehead atoms. The van der Waals surface area contributed by atoms with Crippen LogP contribution in [0.2, 0.25) is 0 Å². The van der Waals surface area contributed by atoms with Gasteiger partial charge in [0, 0.05) is 42.2 Å². The maximum atomic E-state index is 11.3. The summed E-state index contributed by atoms with van der Waals surface area (Å²) in [5.41, 5.74) is 1.97. The smallest absolute Gasteiger partial charge is 0.221 e. The van der Waals surface area contributed by atoms with Crippen LogP contribution in [0.25, 0.3) is 10.8 Å². The lowest BCUT2D eigenvalue weighted by Crippen LogP contribution is -2.28. The summed E-state index contributed by atoms with van der Waals surface area (Å²) >= 11 is 0. The van der Waals surface area contributed by atoms with Crippen LogP contribution >= 0.6 is 0 Å². The molecule has 0 unspecified atom stereocenters. The standard InChI is InChI=1S/C18H25N3O/c1-4-21(5-2)13-12-19-17-10-11-18(20-14(3)22)16-9-7-6-8-15(16)17/h6-11,19H,4-5,12-13H2,1-3H3,(H,20,22). The summed E-state index contributed by atoms with van der Waals surface area (Å²) < 4.78 is 0. The Bertz CT molecular complexity index is 635. The fraction of sp³-hybridized carbons (Fsp3) is 0.389. The van der Waals surface area contributed by atoms with Gasteiger partial charge in [-0.2, -0.15) is 0 Å². The number of amides is 1. The Morgan fingerprint density at radius 3 is 2.18 bits per heavy atom. The van der Waals surface area contributed by atoms with E-state index in [1.54, 1.807) is 0 Å². The van der Waals surface area contributed by atoms with E-state index in [0.717, 1.165) is 48.3 Å². The molecule has 0 aliphatic rings. The molecule has 0 aliphatic carbocycles. The first-order chi connectivity index (χ1) is 10.7. The van der Waals surface area contributed by atoms with E-state index in [4.69, 9.17) is 0 Å². The van der Waals surface area contributed by atoms with E-state index < -0.39 is 0 Å². The molecule has 2 N–H and O–H groups in total. The zero-order chi connectivity index (χ0) is 15.9. The zero-order valence-corrected chi connectivity index (χ0v) is 13.6. The molecule has 0 aromatic heterocycles. The highest BCUT2D eigenvalue weighted by molar-refractivity contribution is 6.06. The van der Waals surface area contributed by atoms with Crippen molar-refractivity contribution in [2.24, 2.45) is 0 Å². The molecule has 1 amide bonds. The largest absolute Gasteiger partial charge is 0.383 e. The Labute approximate surface area is 132 Å². The molecular formula is C18H25N3O. The summed E-state index contributed by atoms with van der Waals surface area (Å²) in [5.74, 6) is -0.0487. The van der Waals surface area contributed by atoms with Gasteiger partial charge in [0.25, 0.3) is 0 Å². The lowest BCUT2D eigenvalue weighted by molar-refractivity contribution is -0.114. The van der Waals surface area contributed by atoms with Crippen LogP contribution < -0.4 is 10.6 Å². The number of likely N-dealkylation sites (N-methyl/N-ethyl adjacent to an activating group) is 1.